The average Bonchev–Trinajstić information content (AvgIpc) is 3.20. The van der Waals surface area contributed by atoms with Crippen molar-refractivity contribution in [2.24, 2.45) is 0 Å². The number of para-hydroxylation sites is 1. The monoisotopic (exact) mass is 389 g/mol. The van der Waals surface area contributed by atoms with Crippen LogP contribution in [0.1, 0.15) is 17.4 Å². The Labute approximate surface area is 149 Å². The highest BCUT2D eigenvalue weighted by Gasteiger charge is 2.22. The molecule has 3 rings (SSSR count). The summed E-state index contributed by atoms with van der Waals surface area (Å²) in [6.45, 7) is 1.16. The molecule has 0 fully saturated rings. The summed E-state index contributed by atoms with van der Waals surface area (Å²) in [5.74, 6) is 2.20. The normalized spacial score (nSPS) is 13.8. The molecular formula is C15H20NO7PS. The summed E-state index contributed by atoms with van der Waals surface area (Å²) in [6, 6.07) is 9.89. The molecule has 138 valence electrons. The Bertz CT molecular complexity index is 696. The standard InChI is InChI=1S/C15H17NO3S.H3O4P/c1-16-8-7-11(14-6-3-9-20-14)19-13-5-2-4-12-15(13)18-10-17-12;1-5(2,3)4/h2-6,9,11,16H,7-8,10H2,1H3;(H3,1,2,3,4)/t11-;/m0./s1. The fraction of sp³-hybridized carbons (Fsp3) is 0.333. The minimum Gasteiger partial charge on any atom is -0.481 e. The molecule has 1 atom stereocenters. The molecule has 4 N–H and O–H groups in total. The van der Waals surface area contributed by atoms with E-state index in [9.17, 15) is 0 Å². The molecule has 0 saturated heterocycles. The maximum Gasteiger partial charge on any atom is 0.466 e. The number of benzene rings is 1. The van der Waals surface area contributed by atoms with Gasteiger partial charge in [0.2, 0.25) is 12.5 Å². The van der Waals surface area contributed by atoms with E-state index in [-0.39, 0.29) is 12.9 Å². The molecule has 1 aliphatic rings. The zero-order chi connectivity index (χ0) is 18.3. The van der Waals surface area contributed by atoms with Gasteiger partial charge >= 0.3 is 7.82 Å². The molecular weight excluding hydrogens is 369 g/mol. The van der Waals surface area contributed by atoms with Gasteiger partial charge in [0.1, 0.15) is 6.10 Å². The maximum atomic E-state index is 8.88. The molecule has 0 unspecified atom stereocenters. The summed E-state index contributed by atoms with van der Waals surface area (Å²) in [5, 5.41) is 5.24. The lowest BCUT2D eigenvalue weighted by molar-refractivity contribution is 0.159. The first-order valence-corrected chi connectivity index (χ1v) is 9.84. The van der Waals surface area contributed by atoms with Crippen LogP contribution >= 0.6 is 19.2 Å². The molecule has 1 aromatic carbocycles. The molecule has 10 heteroatoms. The molecule has 0 aliphatic carbocycles. The highest BCUT2D eigenvalue weighted by Crippen LogP contribution is 2.42. The van der Waals surface area contributed by atoms with Gasteiger partial charge in [0.05, 0.1) is 0 Å². The Morgan fingerprint density at radius 2 is 2.04 bits per heavy atom. The summed E-state index contributed by atoms with van der Waals surface area (Å²) in [5.41, 5.74) is 0. The fourth-order valence-electron chi connectivity index (χ4n) is 2.16. The van der Waals surface area contributed by atoms with Gasteiger partial charge in [0.25, 0.3) is 0 Å². The molecule has 2 aromatic rings. The van der Waals surface area contributed by atoms with Gasteiger partial charge in [-0.3, -0.25) is 0 Å². The van der Waals surface area contributed by atoms with E-state index in [1.165, 1.54) is 4.88 Å². The zero-order valence-electron chi connectivity index (χ0n) is 13.5. The quantitative estimate of drug-likeness (QED) is 0.556. The third-order valence-electron chi connectivity index (χ3n) is 3.15. The van der Waals surface area contributed by atoms with Crippen LogP contribution in [0.3, 0.4) is 0 Å². The van der Waals surface area contributed by atoms with Gasteiger partial charge in [-0.1, -0.05) is 12.1 Å². The molecule has 2 heterocycles. The van der Waals surface area contributed by atoms with E-state index < -0.39 is 7.82 Å². The predicted octanol–water partition coefficient (Wildman–Crippen LogP) is 2.28. The van der Waals surface area contributed by atoms with Crippen molar-refractivity contribution in [3.05, 3.63) is 40.6 Å². The maximum absolute atomic E-state index is 8.88. The van der Waals surface area contributed by atoms with Crippen LogP contribution < -0.4 is 19.5 Å². The minimum absolute atomic E-state index is 0.0261. The lowest BCUT2D eigenvalue weighted by Crippen LogP contribution is -2.15. The van der Waals surface area contributed by atoms with Crippen LogP contribution in [0.25, 0.3) is 0 Å². The summed E-state index contributed by atoms with van der Waals surface area (Å²) in [7, 11) is -2.69. The van der Waals surface area contributed by atoms with Gasteiger partial charge in [0.15, 0.2) is 11.5 Å². The molecule has 1 aromatic heterocycles. The van der Waals surface area contributed by atoms with Crippen LogP contribution in [0.2, 0.25) is 0 Å². The van der Waals surface area contributed by atoms with Gasteiger partial charge in [-0.25, -0.2) is 4.57 Å². The second-order valence-corrected chi connectivity index (χ2v) is 7.02. The molecule has 0 amide bonds. The van der Waals surface area contributed by atoms with E-state index >= 15 is 0 Å². The van der Waals surface area contributed by atoms with Crippen LogP contribution in [-0.2, 0) is 4.57 Å². The Hall–Kier alpha value is -1.61. The van der Waals surface area contributed by atoms with Crippen molar-refractivity contribution in [1.82, 2.24) is 5.32 Å². The second-order valence-electron chi connectivity index (χ2n) is 5.02. The van der Waals surface area contributed by atoms with Crippen molar-refractivity contribution in [2.75, 3.05) is 20.4 Å². The highest BCUT2D eigenvalue weighted by molar-refractivity contribution is 7.45. The smallest absolute Gasteiger partial charge is 0.466 e. The van der Waals surface area contributed by atoms with Crippen LogP contribution in [0.15, 0.2) is 35.7 Å². The Morgan fingerprint density at radius 1 is 1.28 bits per heavy atom. The molecule has 8 nitrogen and oxygen atoms in total. The first-order valence-electron chi connectivity index (χ1n) is 7.40. The van der Waals surface area contributed by atoms with Gasteiger partial charge in [-0.15, -0.1) is 11.3 Å². The van der Waals surface area contributed by atoms with Crippen LogP contribution in [0.4, 0.5) is 0 Å². The third kappa shape index (κ3) is 6.66. The van der Waals surface area contributed by atoms with Crippen molar-refractivity contribution in [3.63, 3.8) is 0 Å². The predicted molar refractivity (Wildman–Crippen MR) is 93.1 cm³/mol. The summed E-state index contributed by atoms with van der Waals surface area (Å²) >= 11 is 1.71. The van der Waals surface area contributed by atoms with E-state index in [4.69, 9.17) is 33.5 Å². The van der Waals surface area contributed by atoms with Crippen LogP contribution in [-0.4, -0.2) is 35.1 Å². The average molecular weight is 389 g/mol. The van der Waals surface area contributed by atoms with Gasteiger partial charge in [-0.2, -0.15) is 0 Å². The number of hydrogen-bond donors (Lipinski definition) is 4. The van der Waals surface area contributed by atoms with Crippen molar-refractivity contribution in [1.29, 1.82) is 0 Å². The highest BCUT2D eigenvalue weighted by atomic mass is 32.1. The number of phosphoric acid groups is 1. The molecule has 1 aliphatic heterocycles. The molecule has 0 bridgehead atoms. The number of thiophene rings is 1. The summed E-state index contributed by atoms with van der Waals surface area (Å²) in [6.07, 6.45) is 0.930. The minimum atomic E-state index is -4.64. The van der Waals surface area contributed by atoms with E-state index in [1.54, 1.807) is 11.3 Å². The van der Waals surface area contributed by atoms with Crippen molar-refractivity contribution in [3.8, 4) is 17.2 Å². The van der Waals surface area contributed by atoms with E-state index in [1.807, 2.05) is 31.3 Å². The first kappa shape index (κ1) is 19.7. The topological polar surface area (TPSA) is 117 Å². The Kier molecular flexibility index (Phi) is 7.24. The van der Waals surface area contributed by atoms with E-state index in [2.05, 4.69) is 16.8 Å². The van der Waals surface area contributed by atoms with Crippen molar-refractivity contribution >= 4 is 19.2 Å². The number of nitrogens with one attached hydrogen (secondary N) is 1. The van der Waals surface area contributed by atoms with Crippen molar-refractivity contribution < 1.29 is 33.5 Å². The lowest BCUT2D eigenvalue weighted by atomic mass is 10.2. The number of fused-ring (bicyclic) bond motifs is 1. The lowest BCUT2D eigenvalue weighted by Gasteiger charge is -2.18. The largest absolute Gasteiger partial charge is 0.481 e. The van der Waals surface area contributed by atoms with Gasteiger partial charge in [-0.05, 0) is 37.2 Å². The first-order chi connectivity index (χ1) is 11.9. The zero-order valence-corrected chi connectivity index (χ0v) is 15.2. The molecule has 0 saturated carbocycles. The summed E-state index contributed by atoms with van der Waals surface area (Å²) < 4.78 is 25.9. The van der Waals surface area contributed by atoms with Crippen molar-refractivity contribution in [2.45, 2.75) is 12.5 Å². The number of ether oxygens (including phenoxy) is 3. The van der Waals surface area contributed by atoms with Gasteiger partial charge in [0, 0.05) is 11.3 Å². The molecule has 0 spiro atoms. The Balaban J connectivity index is 0.000000399. The SMILES string of the molecule is CNCC[C@H](Oc1cccc2c1OCO2)c1cccs1.O=P(O)(O)O. The van der Waals surface area contributed by atoms with E-state index in [0.717, 1.165) is 24.5 Å². The van der Waals surface area contributed by atoms with E-state index in [0.29, 0.717) is 5.75 Å². The molecule has 25 heavy (non-hydrogen) atoms. The van der Waals surface area contributed by atoms with Gasteiger partial charge < -0.3 is 34.2 Å². The van der Waals surface area contributed by atoms with Crippen LogP contribution in [0.5, 0.6) is 17.2 Å². The molecule has 0 radical (unpaired) electrons. The Morgan fingerprint density at radius 3 is 2.68 bits per heavy atom. The summed E-state index contributed by atoms with van der Waals surface area (Å²) in [4.78, 5) is 22.8. The third-order valence-corrected chi connectivity index (χ3v) is 4.11. The number of hydrogen-bond acceptors (Lipinski definition) is 6. The van der Waals surface area contributed by atoms with Crippen LogP contribution in [0, 0.1) is 0 Å². The second kappa shape index (κ2) is 9.19. The number of rotatable bonds is 6. The fourth-order valence-corrected chi connectivity index (χ4v) is 2.95.